The Morgan fingerprint density at radius 1 is 1.52 bits per heavy atom. The molecule has 0 unspecified atom stereocenters. The predicted octanol–water partition coefficient (Wildman–Crippen LogP) is 1.62. The Morgan fingerprint density at radius 2 is 2.38 bits per heavy atom. The quantitative estimate of drug-likeness (QED) is 0.482. The number of methoxy groups -OCH3 is 1. The average Bonchev–Trinajstić information content (AvgIpc) is 2.74. The second-order valence-corrected chi connectivity index (χ2v) is 5.32. The highest BCUT2D eigenvalue weighted by molar-refractivity contribution is 5.87. The van der Waals surface area contributed by atoms with Crippen LogP contribution in [0.1, 0.15) is 30.9 Å². The van der Waals surface area contributed by atoms with Gasteiger partial charge < -0.3 is 15.1 Å². The fourth-order valence-corrected chi connectivity index (χ4v) is 2.56. The molecule has 2 N–H and O–H groups in total. The number of hydrogen-bond donors (Lipinski definition) is 2. The normalized spacial score (nSPS) is 15.7. The van der Waals surface area contributed by atoms with Crippen LogP contribution in [0.15, 0.2) is 28.1 Å². The van der Waals surface area contributed by atoms with Crippen LogP contribution in [0, 0.1) is 0 Å². The van der Waals surface area contributed by atoms with Crippen molar-refractivity contribution in [1.82, 2.24) is 15.0 Å². The van der Waals surface area contributed by atoms with Crippen molar-refractivity contribution in [3.63, 3.8) is 0 Å². The van der Waals surface area contributed by atoms with Gasteiger partial charge in [-0.3, -0.25) is 4.57 Å². The van der Waals surface area contributed by atoms with Gasteiger partial charge in [-0.25, -0.2) is 4.79 Å². The molecular weight excluding hydrogens is 268 g/mol. The van der Waals surface area contributed by atoms with Crippen LogP contribution in [-0.2, 0) is 4.74 Å². The summed E-state index contributed by atoms with van der Waals surface area (Å²) in [5.41, 5.74) is 5.72. The number of hydrogen-bond acceptors (Lipinski definition) is 4. The Morgan fingerprint density at radius 3 is 3.10 bits per heavy atom. The van der Waals surface area contributed by atoms with Gasteiger partial charge in [-0.15, -0.1) is 0 Å². The van der Waals surface area contributed by atoms with Gasteiger partial charge in [-0.2, -0.15) is 5.10 Å². The number of rotatable bonds is 6. The fourth-order valence-electron chi connectivity index (χ4n) is 2.56. The van der Waals surface area contributed by atoms with Crippen molar-refractivity contribution in [1.29, 1.82) is 0 Å². The minimum Gasteiger partial charge on any atom is -0.383 e. The maximum atomic E-state index is 12.1. The second-order valence-electron chi connectivity index (χ2n) is 5.32. The Balaban J connectivity index is 1.83. The van der Waals surface area contributed by atoms with Crippen LogP contribution >= 0.6 is 0 Å². The summed E-state index contributed by atoms with van der Waals surface area (Å²) in [6, 6.07) is 6.23. The van der Waals surface area contributed by atoms with E-state index in [0.29, 0.717) is 19.2 Å². The summed E-state index contributed by atoms with van der Waals surface area (Å²) in [5.74, 6) is 0. The zero-order valence-corrected chi connectivity index (χ0v) is 12.1. The van der Waals surface area contributed by atoms with Crippen molar-refractivity contribution >= 4 is 17.2 Å². The van der Waals surface area contributed by atoms with E-state index in [0.717, 1.165) is 29.4 Å². The third-order valence-electron chi connectivity index (χ3n) is 3.90. The molecule has 1 aromatic carbocycles. The van der Waals surface area contributed by atoms with Gasteiger partial charge in [-0.05, 0) is 37.0 Å². The third-order valence-corrected chi connectivity index (χ3v) is 3.90. The number of imidazole rings is 1. The van der Waals surface area contributed by atoms with E-state index in [4.69, 9.17) is 4.74 Å². The molecule has 6 heteroatoms. The molecule has 1 heterocycles. The lowest BCUT2D eigenvalue weighted by molar-refractivity contribution is 0.200. The van der Waals surface area contributed by atoms with Crippen molar-refractivity contribution in [2.24, 2.45) is 5.10 Å². The lowest BCUT2D eigenvalue weighted by atomic mass is 9.93. The van der Waals surface area contributed by atoms with Gasteiger partial charge in [-0.1, -0.05) is 6.07 Å². The van der Waals surface area contributed by atoms with Crippen molar-refractivity contribution in [3.8, 4) is 0 Å². The first kappa shape index (κ1) is 13.9. The molecule has 0 spiro atoms. The highest BCUT2D eigenvalue weighted by Crippen LogP contribution is 2.32. The Kier molecular flexibility index (Phi) is 4.06. The molecule has 0 radical (unpaired) electrons. The van der Waals surface area contributed by atoms with E-state index < -0.39 is 0 Å². The first-order valence-corrected chi connectivity index (χ1v) is 7.29. The summed E-state index contributed by atoms with van der Waals surface area (Å²) in [4.78, 5) is 15.0. The molecule has 1 aromatic heterocycles. The molecule has 0 saturated heterocycles. The second kappa shape index (κ2) is 6.13. The maximum Gasteiger partial charge on any atom is 0.326 e. The molecule has 0 aliphatic heterocycles. The van der Waals surface area contributed by atoms with Gasteiger partial charge in [0.05, 0.1) is 30.4 Å². The first-order valence-electron chi connectivity index (χ1n) is 7.29. The predicted molar refractivity (Wildman–Crippen MR) is 82.9 cm³/mol. The average molecular weight is 288 g/mol. The van der Waals surface area contributed by atoms with Crippen LogP contribution in [0.5, 0.6) is 0 Å². The Bertz CT molecular complexity index is 697. The highest BCUT2D eigenvalue weighted by atomic mass is 16.5. The Labute approximate surface area is 122 Å². The molecule has 1 aliphatic carbocycles. The molecule has 1 fully saturated rings. The fraction of sp³-hybridized carbons (Fsp3) is 0.467. The van der Waals surface area contributed by atoms with Gasteiger partial charge >= 0.3 is 5.69 Å². The largest absolute Gasteiger partial charge is 0.383 e. The first-order chi connectivity index (χ1) is 10.3. The topological polar surface area (TPSA) is 71.4 Å². The molecule has 1 aliphatic rings. The van der Waals surface area contributed by atoms with Crippen molar-refractivity contribution in [3.05, 3.63) is 34.2 Å². The van der Waals surface area contributed by atoms with E-state index in [-0.39, 0.29) is 5.69 Å². The smallest absolute Gasteiger partial charge is 0.326 e. The van der Waals surface area contributed by atoms with Crippen LogP contribution in [0.25, 0.3) is 11.0 Å². The molecular formula is C15H20N4O2. The van der Waals surface area contributed by atoms with Crippen molar-refractivity contribution in [2.75, 3.05) is 20.3 Å². The molecule has 3 rings (SSSR count). The van der Waals surface area contributed by atoms with Gasteiger partial charge in [0.1, 0.15) is 0 Å². The number of hydrazone groups is 1. The van der Waals surface area contributed by atoms with Crippen LogP contribution < -0.4 is 11.1 Å². The number of ether oxygens (including phenoxy) is 1. The van der Waals surface area contributed by atoms with Gasteiger partial charge in [0.25, 0.3) is 0 Å². The number of aromatic nitrogens is 2. The van der Waals surface area contributed by atoms with Crippen molar-refractivity contribution in [2.45, 2.75) is 25.3 Å². The SMILES string of the molecule is COCCN/N=C/c1ccc2[nH]c(=O)n(C3CCC3)c2c1. The lowest BCUT2D eigenvalue weighted by Crippen LogP contribution is -2.26. The van der Waals surface area contributed by atoms with Crippen LogP contribution in [0.4, 0.5) is 0 Å². The van der Waals surface area contributed by atoms with E-state index in [1.807, 2.05) is 22.8 Å². The lowest BCUT2D eigenvalue weighted by Gasteiger charge is -2.26. The minimum absolute atomic E-state index is 0.0120. The van der Waals surface area contributed by atoms with E-state index in [2.05, 4.69) is 15.5 Å². The van der Waals surface area contributed by atoms with Crippen LogP contribution in [0.3, 0.4) is 0 Å². The molecule has 6 nitrogen and oxygen atoms in total. The van der Waals surface area contributed by atoms with Crippen LogP contribution in [0.2, 0.25) is 0 Å². The monoisotopic (exact) mass is 288 g/mol. The molecule has 112 valence electrons. The molecule has 0 atom stereocenters. The number of H-pyrrole nitrogens is 1. The summed E-state index contributed by atoms with van der Waals surface area (Å²) in [6.07, 6.45) is 5.14. The number of nitrogens with one attached hydrogen (secondary N) is 2. The van der Waals surface area contributed by atoms with Gasteiger partial charge in [0.15, 0.2) is 0 Å². The van der Waals surface area contributed by atoms with Gasteiger partial charge in [0.2, 0.25) is 0 Å². The molecule has 0 bridgehead atoms. The summed E-state index contributed by atoms with van der Waals surface area (Å²) in [5, 5.41) is 4.15. The molecule has 2 aromatic rings. The Hall–Kier alpha value is -2.08. The number of fused-ring (bicyclic) bond motifs is 1. The van der Waals surface area contributed by atoms with E-state index in [9.17, 15) is 4.79 Å². The maximum absolute atomic E-state index is 12.1. The molecule has 21 heavy (non-hydrogen) atoms. The molecule has 0 amide bonds. The van der Waals surface area contributed by atoms with E-state index in [1.54, 1.807) is 13.3 Å². The summed E-state index contributed by atoms with van der Waals surface area (Å²) in [6.45, 7) is 1.29. The molecule has 1 saturated carbocycles. The zero-order valence-electron chi connectivity index (χ0n) is 12.1. The number of benzene rings is 1. The summed E-state index contributed by atoms with van der Waals surface area (Å²) in [7, 11) is 1.66. The number of aromatic amines is 1. The third kappa shape index (κ3) is 2.85. The summed E-state index contributed by atoms with van der Waals surface area (Å²) >= 11 is 0. The van der Waals surface area contributed by atoms with Crippen molar-refractivity contribution < 1.29 is 4.74 Å². The van der Waals surface area contributed by atoms with Gasteiger partial charge in [0, 0.05) is 13.2 Å². The van der Waals surface area contributed by atoms with E-state index in [1.165, 1.54) is 6.42 Å². The number of nitrogens with zero attached hydrogens (tertiary/aromatic N) is 2. The standard InChI is InChI=1S/C15H20N4O2/c1-21-8-7-16-17-10-11-5-6-13-14(9-11)19(15(20)18-13)12-3-2-4-12/h5-6,9-10,12,16H,2-4,7-8H2,1H3,(H,18,20)/b17-10+. The highest BCUT2D eigenvalue weighted by Gasteiger charge is 2.23. The van der Waals surface area contributed by atoms with Crippen LogP contribution in [-0.4, -0.2) is 36.0 Å². The van der Waals surface area contributed by atoms with E-state index >= 15 is 0 Å². The minimum atomic E-state index is -0.0120. The zero-order chi connectivity index (χ0) is 14.7. The summed E-state index contributed by atoms with van der Waals surface area (Å²) < 4.78 is 6.82.